The lowest BCUT2D eigenvalue weighted by Gasteiger charge is -2.36. The van der Waals surface area contributed by atoms with Crippen molar-refractivity contribution in [2.75, 3.05) is 13.7 Å². The highest BCUT2D eigenvalue weighted by Crippen LogP contribution is 2.46. The van der Waals surface area contributed by atoms with E-state index in [1.54, 1.807) is 4.68 Å². The standard InChI is InChI=1S/C27H19ClF3N3O.C9H6Cl2F3NO2.C8H4ClF3N2O/c1-35-25-23-21(17-22(28)32-24(23)27(29,30)31)34(33-25)26(18-11-5-2-6-12-18,19-13-7-3-8-14-19)20-15-9-4-10-16-20;1-2-17-8(16)6-4(10)3-5(11)15-7(6)9(12,13)14;9-4-1-3-2-13-7(15)5(3)6(14-4)8(10,11)12/h2-17H,1H3;3H,2H2,1H3;1H,2H2,(H,13,15). The van der Waals surface area contributed by atoms with Gasteiger partial charge in [0, 0.05) is 12.6 Å². The molecule has 0 radical (unpaired) electrons. The Labute approximate surface area is 393 Å². The Bertz CT molecular complexity index is 2830. The number of nitrogens with zero attached hydrogens (tertiary/aromatic N) is 5. The van der Waals surface area contributed by atoms with Gasteiger partial charge in [0.1, 0.15) is 26.6 Å². The number of carbonyl (C=O) groups excluding carboxylic acids is 2. The van der Waals surface area contributed by atoms with Crippen molar-refractivity contribution in [2.24, 2.45) is 0 Å². The van der Waals surface area contributed by atoms with Crippen LogP contribution in [0.3, 0.4) is 0 Å². The van der Waals surface area contributed by atoms with Crippen LogP contribution in [0.2, 0.25) is 20.5 Å². The van der Waals surface area contributed by atoms with E-state index in [1.165, 1.54) is 26.2 Å². The molecular formula is C44H29Cl4F9N6O4. The highest BCUT2D eigenvalue weighted by atomic mass is 35.5. The average Bonchev–Trinajstić information content (AvgIpc) is 3.83. The summed E-state index contributed by atoms with van der Waals surface area (Å²) in [5.74, 6) is -2.14. The summed E-state index contributed by atoms with van der Waals surface area (Å²) in [5, 5.41) is 5.20. The largest absolute Gasteiger partial charge is 0.479 e. The Hall–Kier alpha value is -6.15. The van der Waals surface area contributed by atoms with Crippen LogP contribution in [0.5, 0.6) is 5.88 Å². The zero-order valence-electron chi connectivity index (χ0n) is 34.1. The van der Waals surface area contributed by atoms with Gasteiger partial charge in [-0.1, -0.05) is 137 Å². The van der Waals surface area contributed by atoms with Crippen molar-refractivity contribution in [2.45, 2.75) is 37.5 Å². The number of benzene rings is 3. The molecule has 23 heteroatoms. The summed E-state index contributed by atoms with van der Waals surface area (Å²) in [5.41, 5.74) is -3.45. The predicted octanol–water partition coefficient (Wildman–Crippen LogP) is 12.5. The third kappa shape index (κ3) is 10.5. The van der Waals surface area contributed by atoms with Gasteiger partial charge in [-0.25, -0.2) is 24.4 Å². The van der Waals surface area contributed by atoms with Crippen molar-refractivity contribution >= 4 is 69.2 Å². The molecule has 0 bridgehead atoms. The number of aromatic nitrogens is 5. The number of esters is 1. The van der Waals surface area contributed by atoms with Crippen LogP contribution in [0.1, 0.15) is 67.0 Å². The van der Waals surface area contributed by atoms with E-state index in [4.69, 9.17) is 51.1 Å². The predicted molar refractivity (Wildman–Crippen MR) is 229 cm³/mol. The van der Waals surface area contributed by atoms with Crippen LogP contribution in [-0.4, -0.2) is 50.3 Å². The van der Waals surface area contributed by atoms with E-state index in [9.17, 15) is 49.1 Å². The third-order valence-corrected chi connectivity index (χ3v) is 10.5. The maximum atomic E-state index is 14.1. The molecule has 0 aliphatic carbocycles. The van der Waals surface area contributed by atoms with Crippen molar-refractivity contribution in [1.82, 2.24) is 30.0 Å². The zero-order valence-corrected chi connectivity index (χ0v) is 37.1. The molecule has 7 aromatic rings. The van der Waals surface area contributed by atoms with E-state index in [-0.39, 0.29) is 45.8 Å². The van der Waals surface area contributed by atoms with E-state index in [2.05, 4.69) is 30.1 Å². The number of pyridine rings is 3. The van der Waals surface area contributed by atoms with Crippen LogP contribution in [0, 0.1) is 0 Å². The molecule has 67 heavy (non-hydrogen) atoms. The van der Waals surface area contributed by atoms with Crippen LogP contribution >= 0.6 is 46.4 Å². The smallest absolute Gasteiger partial charge is 0.434 e. The molecule has 3 aromatic carbocycles. The summed E-state index contributed by atoms with van der Waals surface area (Å²) < 4.78 is 129. The van der Waals surface area contributed by atoms with Crippen molar-refractivity contribution in [3.05, 3.63) is 180 Å². The quantitative estimate of drug-likeness (QED) is 0.0725. The normalized spacial score (nSPS) is 12.6. The molecule has 0 unspecified atom stereocenters. The van der Waals surface area contributed by atoms with Gasteiger partial charge in [0.2, 0.25) is 5.88 Å². The van der Waals surface area contributed by atoms with E-state index >= 15 is 0 Å². The third-order valence-electron chi connectivity index (χ3n) is 9.65. The number of methoxy groups -OCH3 is 1. The minimum atomic E-state index is -4.84. The number of carbonyl (C=O) groups is 2. The van der Waals surface area contributed by atoms with Gasteiger partial charge in [0.25, 0.3) is 5.91 Å². The summed E-state index contributed by atoms with van der Waals surface area (Å²) in [7, 11) is 1.29. The van der Waals surface area contributed by atoms with Crippen LogP contribution in [0.4, 0.5) is 39.5 Å². The molecule has 8 rings (SSSR count). The zero-order chi connectivity index (χ0) is 49.1. The number of amides is 1. The first kappa shape index (κ1) is 50.3. The lowest BCUT2D eigenvalue weighted by molar-refractivity contribution is -0.142. The number of fused-ring (bicyclic) bond motifs is 2. The molecule has 1 aliphatic rings. The molecule has 0 spiro atoms. The van der Waals surface area contributed by atoms with Crippen molar-refractivity contribution in [1.29, 1.82) is 0 Å². The first-order valence-corrected chi connectivity index (χ1v) is 20.6. The number of alkyl halides is 9. The van der Waals surface area contributed by atoms with E-state index in [0.29, 0.717) is 0 Å². The molecule has 0 saturated carbocycles. The Morgan fingerprint density at radius 2 is 1.12 bits per heavy atom. The average molecular weight is 1020 g/mol. The minimum Gasteiger partial charge on any atom is -0.479 e. The van der Waals surface area contributed by atoms with Crippen molar-refractivity contribution < 1.29 is 58.6 Å². The molecular weight excluding hydrogens is 989 g/mol. The number of nitrogens with one attached hydrogen (secondary N) is 1. The van der Waals surface area contributed by atoms with Gasteiger partial charge in [-0.15, -0.1) is 5.10 Å². The van der Waals surface area contributed by atoms with Gasteiger partial charge >= 0.3 is 24.5 Å². The van der Waals surface area contributed by atoms with Crippen LogP contribution in [-0.2, 0) is 35.3 Å². The van der Waals surface area contributed by atoms with Crippen molar-refractivity contribution in [3.63, 3.8) is 0 Å². The molecule has 350 valence electrons. The Morgan fingerprint density at radius 1 is 0.672 bits per heavy atom. The molecule has 1 N–H and O–H groups in total. The Balaban J connectivity index is 0.000000192. The highest BCUT2D eigenvalue weighted by Gasteiger charge is 2.45. The maximum absolute atomic E-state index is 14.1. The first-order valence-electron chi connectivity index (χ1n) is 19.1. The second-order valence-electron chi connectivity index (χ2n) is 13.8. The fourth-order valence-electron chi connectivity index (χ4n) is 7.09. The molecule has 0 atom stereocenters. The topological polar surface area (TPSA) is 121 Å². The first-order chi connectivity index (χ1) is 31.5. The summed E-state index contributed by atoms with van der Waals surface area (Å²) in [6.07, 6.45) is -14.3. The number of hydrogen-bond donors (Lipinski definition) is 1. The molecule has 0 fully saturated rings. The molecule has 4 aromatic heterocycles. The van der Waals surface area contributed by atoms with Gasteiger partial charge in [-0.05, 0) is 41.3 Å². The SMILES string of the molecule is CCOC(=O)c1c(Cl)cc(Cl)nc1C(F)(F)F.COc1nn(C(c2ccccc2)(c2ccccc2)c2ccccc2)c2cc(Cl)nc(C(F)(F)F)c12.O=C1NCc2cc(Cl)nc(C(F)(F)F)c21. The van der Waals surface area contributed by atoms with Gasteiger partial charge in [0.05, 0.1) is 35.2 Å². The van der Waals surface area contributed by atoms with Gasteiger partial charge in [0.15, 0.2) is 17.1 Å². The number of halogens is 13. The number of rotatable bonds is 7. The molecule has 1 aliphatic heterocycles. The van der Waals surface area contributed by atoms with E-state index in [1.807, 2.05) is 91.0 Å². The molecule has 10 nitrogen and oxygen atoms in total. The molecule has 1 amide bonds. The summed E-state index contributed by atoms with van der Waals surface area (Å²) in [6.45, 7) is 1.44. The summed E-state index contributed by atoms with van der Waals surface area (Å²) in [4.78, 5) is 32.3. The fraction of sp³-hybridized carbons (Fsp3) is 0.182. The summed E-state index contributed by atoms with van der Waals surface area (Å²) >= 11 is 22.5. The van der Waals surface area contributed by atoms with Gasteiger partial charge in [-0.3, -0.25) is 4.79 Å². The van der Waals surface area contributed by atoms with Gasteiger partial charge < -0.3 is 14.8 Å². The van der Waals surface area contributed by atoms with E-state index < -0.39 is 74.3 Å². The van der Waals surface area contributed by atoms with Crippen molar-refractivity contribution in [3.8, 4) is 5.88 Å². The van der Waals surface area contributed by atoms with Gasteiger partial charge in [-0.2, -0.15) is 39.5 Å². The van der Waals surface area contributed by atoms with E-state index in [0.717, 1.165) is 22.8 Å². The second-order valence-corrected chi connectivity index (χ2v) is 15.4. The van der Waals surface area contributed by atoms with Crippen LogP contribution < -0.4 is 10.1 Å². The Kier molecular flexibility index (Phi) is 15.0. The lowest BCUT2D eigenvalue weighted by atomic mass is 9.77. The monoisotopic (exact) mass is 1020 g/mol. The fourth-order valence-corrected chi connectivity index (χ4v) is 8.02. The maximum Gasteiger partial charge on any atom is 0.434 e. The number of ether oxygens (including phenoxy) is 2. The lowest BCUT2D eigenvalue weighted by Crippen LogP contribution is -2.38. The highest BCUT2D eigenvalue weighted by molar-refractivity contribution is 6.36. The summed E-state index contributed by atoms with van der Waals surface area (Å²) in [6, 6.07) is 32.1. The van der Waals surface area contributed by atoms with Crippen LogP contribution in [0.15, 0.2) is 109 Å². The minimum absolute atomic E-state index is 0.0550. The molecule has 5 heterocycles. The van der Waals surface area contributed by atoms with Crippen LogP contribution in [0.25, 0.3) is 10.9 Å². The second kappa shape index (κ2) is 20.0. The Morgan fingerprint density at radius 3 is 1.58 bits per heavy atom. The molecule has 0 saturated heterocycles. The number of hydrogen-bond acceptors (Lipinski definition) is 8.